The molecule has 3 fully saturated rings. The van der Waals surface area contributed by atoms with Gasteiger partial charge in [0, 0.05) is 12.5 Å². The number of ether oxygens (including phenoxy) is 1. The summed E-state index contributed by atoms with van der Waals surface area (Å²) in [6.07, 6.45) is 4.78. The number of fused-ring (bicyclic) bond motifs is 3. The van der Waals surface area contributed by atoms with Crippen LogP contribution in [0.2, 0.25) is 0 Å². The second-order valence-electron chi connectivity index (χ2n) is 8.68. The number of aliphatic carboxylic acids is 1. The molecule has 0 spiro atoms. The van der Waals surface area contributed by atoms with Crippen molar-refractivity contribution in [3.8, 4) is 0 Å². The molecule has 22 heavy (non-hydrogen) atoms. The number of hydrogen-bond acceptors (Lipinski definition) is 3. The third-order valence-electron chi connectivity index (χ3n) is 7.39. The summed E-state index contributed by atoms with van der Waals surface area (Å²) in [6.45, 7) is 9.66. The zero-order chi connectivity index (χ0) is 16.3. The average molecular weight is 308 g/mol. The van der Waals surface area contributed by atoms with Crippen LogP contribution in [-0.2, 0) is 14.3 Å². The lowest BCUT2D eigenvalue weighted by atomic mass is 9.43. The minimum absolute atomic E-state index is 0.0228. The highest BCUT2D eigenvalue weighted by Crippen LogP contribution is 2.66. The number of carbonyl (C=O) groups is 2. The van der Waals surface area contributed by atoms with Crippen molar-refractivity contribution in [2.24, 2.45) is 28.6 Å². The molecule has 2 saturated carbocycles. The summed E-state index contributed by atoms with van der Waals surface area (Å²) in [4.78, 5) is 23.3. The van der Waals surface area contributed by atoms with E-state index in [1.54, 1.807) is 0 Å². The second-order valence-corrected chi connectivity index (χ2v) is 8.68. The number of carbonyl (C=O) groups excluding carboxylic acids is 1. The van der Waals surface area contributed by atoms with Crippen LogP contribution in [-0.4, -0.2) is 29.1 Å². The summed E-state index contributed by atoms with van der Waals surface area (Å²) in [5.74, 6) is -1.30. The van der Waals surface area contributed by atoms with Gasteiger partial charge in [-0.2, -0.15) is 0 Å². The lowest BCUT2D eigenvalue weighted by molar-refractivity contribution is -0.175. The number of carboxylic acids is 1. The highest BCUT2D eigenvalue weighted by Gasteiger charge is 2.63. The molecule has 3 rings (SSSR count). The van der Waals surface area contributed by atoms with Gasteiger partial charge in [0.05, 0.1) is 5.60 Å². The largest absolute Gasteiger partial charge is 0.475 e. The van der Waals surface area contributed by atoms with Crippen LogP contribution in [0.5, 0.6) is 0 Å². The first kappa shape index (κ1) is 16.0. The molecule has 0 aromatic carbocycles. The van der Waals surface area contributed by atoms with Crippen molar-refractivity contribution in [2.45, 2.75) is 65.4 Å². The van der Waals surface area contributed by atoms with Gasteiger partial charge in [0.15, 0.2) is 0 Å². The van der Waals surface area contributed by atoms with E-state index < -0.39 is 11.8 Å². The van der Waals surface area contributed by atoms with Crippen LogP contribution in [0.4, 0.5) is 0 Å². The highest BCUT2D eigenvalue weighted by atomic mass is 16.5. The van der Waals surface area contributed by atoms with Gasteiger partial charge in [-0.25, -0.2) is 4.79 Å². The van der Waals surface area contributed by atoms with E-state index in [2.05, 4.69) is 27.7 Å². The van der Waals surface area contributed by atoms with Crippen LogP contribution in [0.25, 0.3) is 0 Å². The molecule has 1 saturated heterocycles. The van der Waals surface area contributed by atoms with Gasteiger partial charge in [-0.15, -0.1) is 0 Å². The van der Waals surface area contributed by atoms with Gasteiger partial charge in [0.2, 0.25) is 5.78 Å². The van der Waals surface area contributed by atoms with Gasteiger partial charge in [-0.3, -0.25) is 4.79 Å². The molecule has 0 bridgehead atoms. The Balaban J connectivity index is 1.95. The lowest BCUT2D eigenvalue weighted by Gasteiger charge is -2.61. The van der Waals surface area contributed by atoms with E-state index in [0.717, 1.165) is 32.3 Å². The first-order valence-electron chi connectivity index (χ1n) is 8.54. The normalized spacial score (nSPS) is 46.6. The van der Waals surface area contributed by atoms with Gasteiger partial charge in [0.1, 0.15) is 0 Å². The van der Waals surface area contributed by atoms with Crippen molar-refractivity contribution >= 4 is 11.8 Å². The minimum atomic E-state index is -1.27. The standard InChI is InChI=1S/C18H28O4/c1-16(2)11(14(19)15(20)21)5-8-17(3)12(16)6-9-18(4)13(17)7-10-22-18/h11-13H,5-10H2,1-4H3,(H,20,21)/t11-,12?,13-,17+,18+/m1/s1. The van der Waals surface area contributed by atoms with E-state index in [1.165, 1.54) is 0 Å². The number of carboxylic acid groups (broad SMARTS) is 1. The van der Waals surface area contributed by atoms with Crippen LogP contribution in [0.15, 0.2) is 0 Å². The Morgan fingerprint density at radius 2 is 1.68 bits per heavy atom. The molecule has 1 N–H and O–H groups in total. The molecule has 1 unspecified atom stereocenters. The van der Waals surface area contributed by atoms with Gasteiger partial charge in [-0.05, 0) is 61.7 Å². The van der Waals surface area contributed by atoms with Crippen molar-refractivity contribution in [1.29, 1.82) is 0 Å². The monoisotopic (exact) mass is 308 g/mol. The SMILES string of the molecule is CC1(C)C2CC[C@]3(C)OCC[C@@H]3[C@@]2(C)CC[C@@H]1C(=O)C(=O)O. The van der Waals surface area contributed by atoms with Gasteiger partial charge in [-0.1, -0.05) is 20.8 Å². The molecule has 0 radical (unpaired) electrons. The predicted molar refractivity (Wildman–Crippen MR) is 82.4 cm³/mol. The molecule has 124 valence electrons. The first-order valence-corrected chi connectivity index (χ1v) is 8.54. The molecule has 4 heteroatoms. The predicted octanol–water partition coefficient (Wildman–Crippen LogP) is 3.29. The third kappa shape index (κ3) is 1.99. The van der Waals surface area contributed by atoms with Crippen molar-refractivity contribution in [1.82, 2.24) is 0 Å². The molecule has 0 amide bonds. The number of Topliss-reactive ketones (excluding diaryl/α,β-unsaturated/α-hetero) is 1. The average Bonchev–Trinajstić information content (AvgIpc) is 2.80. The van der Waals surface area contributed by atoms with E-state index in [-0.39, 0.29) is 22.3 Å². The summed E-state index contributed by atoms with van der Waals surface area (Å²) < 4.78 is 6.08. The third-order valence-corrected chi connectivity index (χ3v) is 7.39. The fourth-order valence-corrected chi connectivity index (χ4v) is 6.35. The fourth-order valence-electron chi connectivity index (χ4n) is 6.35. The molecule has 1 aliphatic heterocycles. The maximum Gasteiger partial charge on any atom is 0.372 e. The topological polar surface area (TPSA) is 63.6 Å². The first-order chi connectivity index (χ1) is 10.1. The van der Waals surface area contributed by atoms with Crippen LogP contribution in [0.1, 0.15) is 59.8 Å². The Morgan fingerprint density at radius 3 is 2.32 bits per heavy atom. The molecule has 0 aromatic heterocycles. The van der Waals surface area contributed by atoms with Crippen molar-refractivity contribution in [3.63, 3.8) is 0 Å². The molecule has 2 aliphatic carbocycles. The minimum Gasteiger partial charge on any atom is -0.475 e. The van der Waals surface area contributed by atoms with Gasteiger partial charge < -0.3 is 9.84 Å². The van der Waals surface area contributed by atoms with Crippen LogP contribution in [0, 0.1) is 28.6 Å². The molecule has 0 aromatic rings. The van der Waals surface area contributed by atoms with E-state index >= 15 is 0 Å². The van der Waals surface area contributed by atoms with Crippen molar-refractivity contribution < 1.29 is 19.4 Å². The zero-order valence-electron chi connectivity index (χ0n) is 14.1. The lowest BCUT2D eigenvalue weighted by Crippen LogP contribution is -2.59. The number of rotatable bonds is 2. The van der Waals surface area contributed by atoms with Gasteiger partial charge in [0.25, 0.3) is 0 Å². The summed E-state index contributed by atoms with van der Waals surface area (Å²) in [5.41, 5.74) is -0.125. The highest BCUT2D eigenvalue weighted by molar-refractivity contribution is 6.33. The summed E-state index contributed by atoms with van der Waals surface area (Å²) >= 11 is 0. The zero-order valence-corrected chi connectivity index (χ0v) is 14.1. The Hall–Kier alpha value is -0.900. The Bertz CT molecular complexity index is 511. The Labute approximate surface area is 132 Å². The molecule has 1 heterocycles. The van der Waals surface area contributed by atoms with Crippen molar-refractivity contribution in [3.05, 3.63) is 0 Å². The Kier molecular flexibility index (Phi) is 3.48. The quantitative estimate of drug-likeness (QED) is 0.795. The molecular formula is C18H28O4. The summed E-state index contributed by atoms with van der Waals surface area (Å²) in [5, 5.41) is 9.15. The second kappa shape index (κ2) is 4.80. The molecule has 4 nitrogen and oxygen atoms in total. The Morgan fingerprint density at radius 1 is 1.00 bits per heavy atom. The van der Waals surface area contributed by atoms with E-state index in [0.29, 0.717) is 18.3 Å². The van der Waals surface area contributed by atoms with Crippen LogP contribution in [0.3, 0.4) is 0 Å². The smallest absolute Gasteiger partial charge is 0.372 e. The molecule has 3 aliphatic rings. The van der Waals surface area contributed by atoms with E-state index in [9.17, 15) is 9.59 Å². The van der Waals surface area contributed by atoms with E-state index in [4.69, 9.17) is 9.84 Å². The van der Waals surface area contributed by atoms with Gasteiger partial charge >= 0.3 is 5.97 Å². The van der Waals surface area contributed by atoms with Crippen molar-refractivity contribution in [2.75, 3.05) is 6.61 Å². The number of hydrogen-bond donors (Lipinski definition) is 1. The summed E-state index contributed by atoms with van der Waals surface area (Å²) in [7, 11) is 0. The van der Waals surface area contributed by atoms with Crippen LogP contribution < -0.4 is 0 Å². The van der Waals surface area contributed by atoms with Crippen LogP contribution >= 0.6 is 0 Å². The fraction of sp³-hybridized carbons (Fsp3) is 0.889. The molecular weight excluding hydrogens is 280 g/mol. The van der Waals surface area contributed by atoms with E-state index in [1.807, 2.05) is 0 Å². The number of ketones is 1. The maximum absolute atomic E-state index is 12.2. The maximum atomic E-state index is 12.2. The molecule has 5 atom stereocenters. The summed E-state index contributed by atoms with van der Waals surface area (Å²) in [6, 6.07) is 0.